The van der Waals surface area contributed by atoms with Gasteiger partial charge < -0.3 is 19.9 Å². The van der Waals surface area contributed by atoms with Crippen molar-refractivity contribution in [1.82, 2.24) is 4.98 Å². The number of nitrogens with one attached hydrogen (secondary N) is 1. The van der Waals surface area contributed by atoms with Gasteiger partial charge in [-0.3, -0.25) is 4.98 Å². The quantitative estimate of drug-likeness (QED) is 0.534. The van der Waals surface area contributed by atoms with E-state index in [1.165, 1.54) is 18.3 Å². The molecule has 0 unspecified atom stereocenters. The zero-order valence-corrected chi connectivity index (χ0v) is 16.7. The Hall–Kier alpha value is -3.13. The number of hydrogen-bond donors (Lipinski definition) is 2. The van der Waals surface area contributed by atoms with E-state index >= 15 is 0 Å². The van der Waals surface area contributed by atoms with Crippen LogP contribution in [0.1, 0.15) is 27.6 Å². The SMILES string of the molecule is CCOC(=O)c1cnc2c(Br)cc(C(=O)O)cc2c1Nc1ccc(OC)cc1. The third kappa shape index (κ3) is 3.91. The summed E-state index contributed by atoms with van der Waals surface area (Å²) in [7, 11) is 1.57. The third-order valence-electron chi connectivity index (χ3n) is 4.03. The molecule has 0 saturated heterocycles. The molecule has 7 nitrogen and oxygen atoms in total. The second kappa shape index (κ2) is 8.26. The van der Waals surface area contributed by atoms with Crippen LogP contribution in [0.5, 0.6) is 5.75 Å². The Labute approximate surface area is 169 Å². The molecule has 0 saturated carbocycles. The fourth-order valence-electron chi connectivity index (χ4n) is 2.70. The van der Waals surface area contributed by atoms with Crippen LogP contribution in [-0.2, 0) is 4.74 Å². The van der Waals surface area contributed by atoms with Gasteiger partial charge in [-0.25, -0.2) is 9.59 Å². The maximum absolute atomic E-state index is 12.5. The summed E-state index contributed by atoms with van der Waals surface area (Å²) < 4.78 is 10.8. The molecule has 3 rings (SSSR count). The molecule has 3 aromatic rings. The lowest BCUT2D eigenvalue weighted by atomic mass is 10.1. The van der Waals surface area contributed by atoms with Gasteiger partial charge in [0.05, 0.1) is 30.5 Å². The average molecular weight is 445 g/mol. The number of hydrogen-bond acceptors (Lipinski definition) is 6. The minimum Gasteiger partial charge on any atom is -0.497 e. The van der Waals surface area contributed by atoms with E-state index in [1.807, 2.05) is 0 Å². The van der Waals surface area contributed by atoms with E-state index in [9.17, 15) is 14.7 Å². The van der Waals surface area contributed by atoms with E-state index in [0.29, 0.717) is 32.5 Å². The van der Waals surface area contributed by atoms with Crippen LogP contribution in [-0.4, -0.2) is 35.7 Å². The van der Waals surface area contributed by atoms with Crippen LogP contribution in [0.15, 0.2) is 47.1 Å². The van der Waals surface area contributed by atoms with Crippen molar-refractivity contribution in [1.29, 1.82) is 0 Å². The number of anilines is 2. The molecule has 2 aromatic carbocycles. The van der Waals surface area contributed by atoms with Gasteiger partial charge in [0.15, 0.2) is 0 Å². The number of fused-ring (bicyclic) bond motifs is 1. The van der Waals surface area contributed by atoms with Gasteiger partial charge >= 0.3 is 11.9 Å². The van der Waals surface area contributed by atoms with Crippen molar-refractivity contribution in [2.45, 2.75) is 6.92 Å². The number of methoxy groups -OCH3 is 1. The smallest absolute Gasteiger partial charge is 0.341 e. The zero-order valence-electron chi connectivity index (χ0n) is 15.2. The van der Waals surface area contributed by atoms with E-state index in [-0.39, 0.29) is 17.7 Å². The highest BCUT2D eigenvalue weighted by Crippen LogP contribution is 2.34. The average Bonchev–Trinajstić information content (AvgIpc) is 2.69. The van der Waals surface area contributed by atoms with Crippen molar-refractivity contribution in [2.24, 2.45) is 0 Å². The highest BCUT2D eigenvalue weighted by molar-refractivity contribution is 9.10. The Bertz CT molecular complexity index is 1050. The Morgan fingerprint density at radius 3 is 2.54 bits per heavy atom. The molecule has 0 amide bonds. The summed E-state index contributed by atoms with van der Waals surface area (Å²) in [6.07, 6.45) is 1.41. The first kappa shape index (κ1) is 19.6. The molecule has 0 radical (unpaired) electrons. The van der Waals surface area contributed by atoms with E-state index in [1.54, 1.807) is 38.3 Å². The number of carboxylic acids is 1. The first-order valence-corrected chi connectivity index (χ1v) is 9.17. The minimum absolute atomic E-state index is 0.0694. The van der Waals surface area contributed by atoms with Gasteiger partial charge in [-0.15, -0.1) is 0 Å². The second-order valence-corrected chi connectivity index (χ2v) is 6.63. The maximum atomic E-state index is 12.5. The molecule has 1 heterocycles. The highest BCUT2D eigenvalue weighted by Gasteiger charge is 2.20. The van der Waals surface area contributed by atoms with E-state index < -0.39 is 11.9 Å². The van der Waals surface area contributed by atoms with Gasteiger partial charge in [-0.2, -0.15) is 0 Å². The van der Waals surface area contributed by atoms with Crippen LogP contribution in [0, 0.1) is 0 Å². The largest absolute Gasteiger partial charge is 0.497 e. The van der Waals surface area contributed by atoms with Crippen molar-refractivity contribution < 1.29 is 24.2 Å². The molecule has 2 N–H and O–H groups in total. The molecule has 0 spiro atoms. The maximum Gasteiger partial charge on any atom is 0.341 e. The van der Waals surface area contributed by atoms with Gasteiger partial charge in [-0.05, 0) is 59.3 Å². The second-order valence-electron chi connectivity index (χ2n) is 5.78. The number of esters is 1. The zero-order chi connectivity index (χ0) is 20.3. The number of aromatic carboxylic acids is 1. The molecule has 8 heteroatoms. The van der Waals surface area contributed by atoms with E-state index in [0.717, 1.165) is 0 Å². The predicted octanol–water partition coefficient (Wildman–Crippen LogP) is 4.62. The number of carbonyl (C=O) groups excluding carboxylic acids is 1. The lowest BCUT2D eigenvalue weighted by Gasteiger charge is -2.15. The lowest BCUT2D eigenvalue weighted by Crippen LogP contribution is -2.10. The number of ether oxygens (including phenoxy) is 2. The Morgan fingerprint density at radius 2 is 1.93 bits per heavy atom. The molecular weight excluding hydrogens is 428 g/mol. The summed E-state index contributed by atoms with van der Waals surface area (Å²) in [6.45, 7) is 1.92. The van der Waals surface area contributed by atoms with Crippen LogP contribution in [0.4, 0.5) is 11.4 Å². The number of benzene rings is 2. The van der Waals surface area contributed by atoms with Crippen molar-refractivity contribution in [3.8, 4) is 5.75 Å². The van der Waals surface area contributed by atoms with Crippen LogP contribution < -0.4 is 10.1 Å². The minimum atomic E-state index is -1.08. The third-order valence-corrected chi connectivity index (χ3v) is 4.63. The molecule has 1 aromatic heterocycles. The monoisotopic (exact) mass is 444 g/mol. The van der Waals surface area contributed by atoms with E-state index in [4.69, 9.17) is 9.47 Å². The molecule has 0 aliphatic carbocycles. The van der Waals surface area contributed by atoms with Gasteiger partial charge in [0.25, 0.3) is 0 Å². The summed E-state index contributed by atoms with van der Waals surface area (Å²) in [5, 5.41) is 13.1. The van der Waals surface area contributed by atoms with Gasteiger partial charge in [-0.1, -0.05) is 0 Å². The molecule has 28 heavy (non-hydrogen) atoms. The number of pyridine rings is 1. The molecule has 0 atom stereocenters. The van der Waals surface area contributed by atoms with Gasteiger partial charge in [0.1, 0.15) is 11.3 Å². The normalized spacial score (nSPS) is 10.5. The molecule has 0 aliphatic heterocycles. The van der Waals surface area contributed by atoms with Crippen LogP contribution in [0.25, 0.3) is 10.9 Å². The van der Waals surface area contributed by atoms with Gasteiger partial charge in [0.2, 0.25) is 0 Å². The molecule has 0 fully saturated rings. The number of carbonyl (C=O) groups is 2. The van der Waals surface area contributed by atoms with Crippen LogP contribution >= 0.6 is 15.9 Å². The Kier molecular flexibility index (Phi) is 5.79. The summed E-state index contributed by atoms with van der Waals surface area (Å²) in [5.74, 6) is -0.948. The van der Waals surface area contributed by atoms with E-state index in [2.05, 4.69) is 26.2 Å². The van der Waals surface area contributed by atoms with Crippen LogP contribution in [0.2, 0.25) is 0 Å². The van der Waals surface area contributed by atoms with Crippen molar-refractivity contribution in [2.75, 3.05) is 19.0 Å². The first-order chi connectivity index (χ1) is 13.4. The van der Waals surface area contributed by atoms with Crippen LogP contribution in [0.3, 0.4) is 0 Å². The standard InChI is InChI=1S/C20H17BrN2O5/c1-3-28-20(26)15-10-22-18-14(8-11(19(24)25)9-16(18)21)17(15)23-12-4-6-13(27-2)7-5-12/h4-10H,3H2,1-2H3,(H,22,23)(H,24,25). The van der Waals surface area contributed by atoms with Crippen molar-refractivity contribution >= 4 is 50.1 Å². The summed E-state index contributed by atoms with van der Waals surface area (Å²) in [4.78, 5) is 28.3. The fraction of sp³-hybridized carbons (Fsp3) is 0.150. The van der Waals surface area contributed by atoms with Crippen molar-refractivity contribution in [3.05, 3.63) is 58.2 Å². The molecular formula is C20H17BrN2O5. The Morgan fingerprint density at radius 1 is 1.21 bits per heavy atom. The number of nitrogens with zero attached hydrogens (tertiary/aromatic N) is 1. The van der Waals surface area contributed by atoms with Crippen molar-refractivity contribution in [3.63, 3.8) is 0 Å². The highest BCUT2D eigenvalue weighted by atomic mass is 79.9. The summed E-state index contributed by atoms with van der Waals surface area (Å²) >= 11 is 3.36. The molecule has 144 valence electrons. The number of halogens is 1. The summed E-state index contributed by atoms with van der Waals surface area (Å²) in [5.41, 5.74) is 1.90. The first-order valence-electron chi connectivity index (χ1n) is 8.38. The fourth-order valence-corrected chi connectivity index (χ4v) is 3.26. The predicted molar refractivity (Wildman–Crippen MR) is 109 cm³/mol. The molecule has 0 bridgehead atoms. The summed E-state index contributed by atoms with van der Waals surface area (Å²) in [6, 6.07) is 10.1. The Balaban J connectivity index is 2.22. The van der Waals surface area contributed by atoms with Gasteiger partial charge in [0, 0.05) is 21.7 Å². The number of aromatic nitrogens is 1. The number of rotatable bonds is 6. The molecule has 0 aliphatic rings. The lowest BCUT2D eigenvalue weighted by molar-refractivity contribution is 0.0526. The number of carboxylic acid groups (broad SMARTS) is 1. The topological polar surface area (TPSA) is 97.8 Å².